The summed E-state index contributed by atoms with van der Waals surface area (Å²) < 4.78 is 5.84. The summed E-state index contributed by atoms with van der Waals surface area (Å²) in [6, 6.07) is 21.3. The maximum atomic E-state index is 12.0. The minimum Gasteiger partial charge on any atom is -0.488 e. The van der Waals surface area contributed by atoms with Crippen LogP contribution in [0.1, 0.15) is 17.5 Å². The zero-order valence-electron chi connectivity index (χ0n) is 16.3. The van der Waals surface area contributed by atoms with E-state index in [1.807, 2.05) is 18.2 Å². The van der Waals surface area contributed by atoms with Crippen LogP contribution in [0.5, 0.6) is 5.75 Å². The molecule has 3 rings (SSSR count). The lowest BCUT2D eigenvalue weighted by atomic mass is 10.2. The molecule has 0 unspecified atom stereocenters. The largest absolute Gasteiger partial charge is 0.488 e. The maximum Gasteiger partial charge on any atom is 0.249 e. The smallest absolute Gasteiger partial charge is 0.249 e. The van der Waals surface area contributed by atoms with Gasteiger partial charge in [0.1, 0.15) is 18.8 Å². The lowest BCUT2D eigenvalue weighted by Gasteiger charge is -2.10. The van der Waals surface area contributed by atoms with Crippen molar-refractivity contribution >= 4 is 46.9 Å². The van der Waals surface area contributed by atoms with Crippen molar-refractivity contribution in [3.8, 4) is 5.75 Å². The van der Waals surface area contributed by atoms with E-state index >= 15 is 0 Å². The summed E-state index contributed by atoms with van der Waals surface area (Å²) in [6.45, 7) is 0.243. The van der Waals surface area contributed by atoms with E-state index in [1.165, 1.54) is 6.21 Å². The van der Waals surface area contributed by atoms with Crippen LogP contribution in [0.4, 0.5) is 5.69 Å². The number of nitrogens with zero attached hydrogens (tertiary/aromatic N) is 1. The van der Waals surface area contributed by atoms with Gasteiger partial charge in [-0.1, -0.05) is 59.6 Å². The second-order valence-corrected chi connectivity index (χ2v) is 7.29. The average Bonchev–Trinajstić information content (AvgIpc) is 2.74. The van der Waals surface area contributed by atoms with Crippen LogP contribution in [-0.2, 0) is 16.2 Å². The normalized spacial score (nSPS) is 10.6. The summed E-state index contributed by atoms with van der Waals surface area (Å²) in [6.07, 6.45) is 1.10. The van der Waals surface area contributed by atoms with Crippen molar-refractivity contribution in [1.82, 2.24) is 5.43 Å². The minimum absolute atomic E-state index is 0.243. The third-order valence-electron chi connectivity index (χ3n) is 4.09. The molecule has 3 aromatic carbocycles. The molecule has 0 radical (unpaired) electrons. The number of hydrazone groups is 1. The third kappa shape index (κ3) is 7.13. The van der Waals surface area contributed by atoms with Crippen LogP contribution in [0.2, 0.25) is 10.0 Å². The van der Waals surface area contributed by atoms with E-state index in [1.54, 1.807) is 54.6 Å². The van der Waals surface area contributed by atoms with E-state index in [2.05, 4.69) is 15.8 Å². The molecule has 8 heteroatoms. The number of amides is 2. The number of halogens is 2. The predicted molar refractivity (Wildman–Crippen MR) is 123 cm³/mol. The Balaban J connectivity index is 1.53. The van der Waals surface area contributed by atoms with Gasteiger partial charge in [0, 0.05) is 26.9 Å². The van der Waals surface area contributed by atoms with Crippen molar-refractivity contribution < 1.29 is 14.3 Å². The fourth-order valence-corrected chi connectivity index (χ4v) is 3.06. The second-order valence-electron chi connectivity index (χ2n) is 6.45. The number of ether oxygens (including phenoxy) is 1. The van der Waals surface area contributed by atoms with Gasteiger partial charge in [-0.2, -0.15) is 5.10 Å². The predicted octanol–water partition coefficient (Wildman–Crippen LogP) is 5.05. The molecule has 31 heavy (non-hydrogen) atoms. The van der Waals surface area contributed by atoms with Gasteiger partial charge >= 0.3 is 0 Å². The lowest BCUT2D eigenvalue weighted by Crippen LogP contribution is -2.24. The van der Waals surface area contributed by atoms with Crippen LogP contribution in [0.3, 0.4) is 0 Å². The molecule has 0 spiro atoms. The molecule has 0 bridgehead atoms. The summed E-state index contributed by atoms with van der Waals surface area (Å²) in [5, 5.41) is 7.62. The SMILES string of the molecule is O=C(CC(=O)Nc1ccccc1)NN=Cc1ccccc1OCc1ccc(Cl)cc1Cl. The number of hydrogen-bond acceptors (Lipinski definition) is 4. The highest BCUT2D eigenvalue weighted by atomic mass is 35.5. The molecular formula is C23H19Cl2N3O3. The van der Waals surface area contributed by atoms with E-state index < -0.39 is 11.8 Å². The molecule has 3 aromatic rings. The number of benzene rings is 3. The van der Waals surface area contributed by atoms with Gasteiger partial charge in [-0.15, -0.1) is 0 Å². The zero-order chi connectivity index (χ0) is 22.1. The van der Waals surface area contributed by atoms with Gasteiger partial charge in [0.05, 0.1) is 6.21 Å². The molecule has 0 saturated heterocycles. The van der Waals surface area contributed by atoms with Gasteiger partial charge in [-0.05, 0) is 36.4 Å². The van der Waals surface area contributed by atoms with Gasteiger partial charge < -0.3 is 10.1 Å². The number of anilines is 1. The molecule has 0 fully saturated rings. The van der Waals surface area contributed by atoms with E-state index in [4.69, 9.17) is 27.9 Å². The summed E-state index contributed by atoms with van der Waals surface area (Å²) >= 11 is 12.1. The van der Waals surface area contributed by atoms with Gasteiger partial charge in [0.15, 0.2) is 0 Å². The number of carbonyl (C=O) groups excluding carboxylic acids is 2. The Hall–Kier alpha value is -3.35. The van der Waals surface area contributed by atoms with Crippen molar-refractivity contribution in [2.45, 2.75) is 13.0 Å². The molecule has 0 saturated carbocycles. The molecule has 0 aliphatic carbocycles. The van der Waals surface area contributed by atoms with Gasteiger partial charge in [-0.3, -0.25) is 9.59 Å². The second kappa shape index (κ2) is 11.2. The highest BCUT2D eigenvalue weighted by Crippen LogP contribution is 2.23. The zero-order valence-corrected chi connectivity index (χ0v) is 17.9. The topological polar surface area (TPSA) is 79.8 Å². The molecule has 0 aliphatic rings. The van der Waals surface area contributed by atoms with Gasteiger partial charge in [-0.25, -0.2) is 5.43 Å². The van der Waals surface area contributed by atoms with Crippen LogP contribution in [0, 0.1) is 0 Å². The quantitative estimate of drug-likeness (QED) is 0.283. The molecule has 158 valence electrons. The molecule has 6 nitrogen and oxygen atoms in total. The van der Waals surface area contributed by atoms with Crippen LogP contribution < -0.4 is 15.5 Å². The standard InChI is InChI=1S/C23H19Cl2N3O3/c24-18-11-10-17(20(25)12-18)15-31-21-9-5-4-6-16(21)14-26-28-23(30)13-22(29)27-19-7-2-1-3-8-19/h1-12,14H,13,15H2,(H,27,29)(H,28,30). The van der Waals surface area contributed by atoms with Crippen LogP contribution in [-0.4, -0.2) is 18.0 Å². The Labute approximate surface area is 189 Å². The molecule has 0 atom stereocenters. The Morgan fingerprint density at radius 1 is 0.935 bits per heavy atom. The lowest BCUT2D eigenvalue weighted by molar-refractivity contribution is -0.126. The van der Waals surface area contributed by atoms with E-state index in [0.29, 0.717) is 27.0 Å². The molecule has 0 aromatic heterocycles. The van der Waals surface area contributed by atoms with E-state index in [-0.39, 0.29) is 13.0 Å². The van der Waals surface area contributed by atoms with Crippen molar-refractivity contribution in [1.29, 1.82) is 0 Å². The first-order chi connectivity index (χ1) is 15.0. The number of hydrogen-bond donors (Lipinski definition) is 2. The first-order valence-electron chi connectivity index (χ1n) is 9.34. The summed E-state index contributed by atoms with van der Waals surface area (Å²) in [5.41, 5.74) is 4.41. The van der Waals surface area contributed by atoms with Crippen molar-refractivity contribution in [2.75, 3.05) is 5.32 Å². The Kier molecular flexibility index (Phi) is 8.04. The number of nitrogens with one attached hydrogen (secondary N) is 2. The Morgan fingerprint density at radius 3 is 2.45 bits per heavy atom. The van der Waals surface area contributed by atoms with Crippen LogP contribution in [0.15, 0.2) is 77.9 Å². The minimum atomic E-state index is -0.531. The fourth-order valence-electron chi connectivity index (χ4n) is 2.60. The monoisotopic (exact) mass is 455 g/mol. The highest BCUT2D eigenvalue weighted by molar-refractivity contribution is 6.35. The summed E-state index contributed by atoms with van der Waals surface area (Å²) in [7, 11) is 0. The number of carbonyl (C=O) groups is 2. The average molecular weight is 456 g/mol. The summed E-state index contributed by atoms with van der Waals surface area (Å²) in [4.78, 5) is 23.9. The van der Waals surface area contributed by atoms with Gasteiger partial charge in [0.25, 0.3) is 0 Å². The number of para-hydroxylation sites is 2. The van der Waals surface area contributed by atoms with E-state index in [0.717, 1.165) is 5.56 Å². The van der Waals surface area contributed by atoms with Crippen LogP contribution in [0.25, 0.3) is 0 Å². The number of rotatable bonds is 8. The van der Waals surface area contributed by atoms with Gasteiger partial charge in [0.2, 0.25) is 11.8 Å². The summed E-state index contributed by atoms with van der Waals surface area (Å²) in [5.74, 6) is -0.396. The van der Waals surface area contributed by atoms with Crippen molar-refractivity contribution in [3.63, 3.8) is 0 Å². The maximum absolute atomic E-state index is 12.0. The molecule has 0 heterocycles. The Bertz CT molecular complexity index is 1090. The molecular weight excluding hydrogens is 437 g/mol. The fraction of sp³-hybridized carbons (Fsp3) is 0.0870. The Morgan fingerprint density at radius 2 is 1.68 bits per heavy atom. The highest BCUT2D eigenvalue weighted by Gasteiger charge is 2.09. The first kappa shape index (κ1) is 22.3. The molecule has 2 amide bonds. The van der Waals surface area contributed by atoms with E-state index in [9.17, 15) is 9.59 Å². The van der Waals surface area contributed by atoms with Crippen molar-refractivity contribution in [2.24, 2.45) is 5.10 Å². The van der Waals surface area contributed by atoms with Crippen LogP contribution >= 0.6 is 23.2 Å². The third-order valence-corrected chi connectivity index (χ3v) is 4.68. The molecule has 0 aliphatic heterocycles. The molecule has 2 N–H and O–H groups in total. The first-order valence-corrected chi connectivity index (χ1v) is 10.1. The van der Waals surface area contributed by atoms with Crippen molar-refractivity contribution in [3.05, 3.63) is 94.0 Å².